The second-order valence-corrected chi connectivity index (χ2v) is 3.98. The summed E-state index contributed by atoms with van der Waals surface area (Å²) in [5.74, 6) is -1.45. The lowest BCUT2D eigenvalue weighted by Gasteiger charge is -2.39. The Labute approximate surface area is 87.0 Å². The van der Waals surface area contributed by atoms with Crippen LogP contribution >= 0.6 is 0 Å². The highest BCUT2D eigenvalue weighted by Crippen LogP contribution is 2.43. The van der Waals surface area contributed by atoms with E-state index in [1.54, 1.807) is 0 Å². The van der Waals surface area contributed by atoms with E-state index in [1.165, 1.54) is 7.11 Å². The van der Waals surface area contributed by atoms with Gasteiger partial charge in [0.15, 0.2) is 11.6 Å². The van der Waals surface area contributed by atoms with Crippen LogP contribution in [-0.2, 0) is 5.54 Å². The molecule has 0 radical (unpaired) electrons. The van der Waals surface area contributed by atoms with Crippen LogP contribution < -0.4 is 10.5 Å². The standard InChI is InChI=1S/C11H13F2NO/c1-15-10-6-9(13)8(12)5-7(10)11(14)3-2-4-11/h5-6H,2-4,14H2,1H3. The van der Waals surface area contributed by atoms with Gasteiger partial charge < -0.3 is 10.5 Å². The minimum Gasteiger partial charge on any atom is -0.496 e. The van der Waals surface area contributed by atoms with Gasteiger partial charge in [0.2, 0.25) is 0 Å². The van der Waals surface area contributed by atoms with Gasteiger partial charge in [0.1, 0.15) is 5.75 Å². The van der Waals surface area contributed by atoms with Crippen LogP contribution in [0.15, 0.2) is 12.1 Å². The molecule has 1 aromatic carbocycles. The summed E-state index contributed by atoms with van der Waals surface area (Å²) in [6.45, 7) is 0. The smallest absolute Gasteiger partial charge is 0.162 e. The summed E-state index contributed by atoms with van der Waals surface area (Å²) in [6.07, 6.45) is 2.58. The Morgan fingerprint density at radius 3 is 2.33 bits per heavy atom. The van der Waals surface area contributed by atoms with Gasteiger partial charge in [-0.25, -0.2) is 8.78 Å². The molecule has 2 nitrogen and oxygen atoms in total. The highest BCUT2D eigenvalue weighted by Gasteiger charge is 2.37. The van der Waals surface area contributed by atoms with E-state index in [2.05, 4.69) is 0 Å². The van der Waals surface area contributed by atoms with Crippen molar-refractivity contribution in [3.63, 3.8) is 0 Å². The molecule has 0 aliphatic heterocycles. The highest BCUT2D eigenvalue weighted by atomic mass is 19.2. The van der Waals surface area contributed by atoms with Crippen molar-refractivity contribution in [2.45, 2.75) is 24.8 Å². The Morgan fingerprint density at radius 1 is 1.27 bits per heavy atom. The van der Waals surface area contributed by atoms with Crippen molar-refractivity contribution in [2.75, 3.05) is 7.11 Å². The molecular weight excluding hydrogens is 200 g/mol. The number of ether oxygens (including phenoxy) is 1. The molecule has 1 saturated carbocycles. The molecule has 1 fully saturated rings. The largest absolute Gasteiger partial charge is 0.496 e. The highest BCUT2D eigenvalue weighted by molar-refractivity contribution is 5.41. The van der Waals surface area contributed by atoms with E-state index in [4.69, 9.17) is 10.5 Å². The Balaban J connectivity index is 2.49. The first-order valence-electron chi connectivity index (χ1n) is 4.89. The lowest BCUT2D eigenvalue weighted by atomic mass is 9.72. The topological polar surface area (TPSA) is 35.2 Å². The predicted octanol–water partition coefficient (Wildman–Crippen LogP) is 2.31. The molecule has 0 bridgehead atoms. The van der Waals surface area contributed by atoms with Gasteiger partial charge in [0.25, 0.3) is 0 Å². The number of hydrogen-bond acceptors (Lipinski definition) is 2. The summed E-state index contributed by atoms with van der Waals surface area (Å²) in [6, 6.07) is 2.20. The van der Waals surface area contributed by atoms with Crippen molar-refractivity contribution in [1.29, 1.82) is 0 Å². The normalized spacial score (nSPS) is 18.4. The molecule has 1 aliphatic carbocycles. The molecule has 2 N–H and O–H groups in total. The molecule has 1 aromatic rings. The van der Waals surface area contributed by atoms with E-state index in [0.717, 1.165) is 31.4 Å². The fourth-order valence-electron chi connectivity index (χ4n) is 1.91. The number of nitrogens with two attached hydrogens (primary N) is 1. The summed E-state index contributed by atoms with van der Waals surface area (Å²) < 4.78 is 31.1. The van der Waals surface area contributed by atoms with E-state index in [-0.39, 0.29) is 0 Å². The summed E-state index contributed by atoms with van der Waals surface area (Å²) in [5.41, 5.74) is 6.07. The SMILES string of the molecule is COc1cc(F)c(F)cc1C1(N)CCC1. The maximum atomic E-state index is 13.1. The molecule has 0 atom stereocenters. The van der Waals surface area contributed by atoms with Crippen molar-refractivity contribution in [3.05, 3.63) is 29.3 Å². The van der Waals surface area contributed by atoms with Gasteiger partial charge in [0, 0.05) is 17.2 Å². The van der Waals surface area contributed by atoms with Gasteiger partial charge in [-0.3, -0.25) is 0 Å². The van der Waals surface area contributed by atoms with E-state index in [1.807, 2.05) is 0 Å². The molecule has 0 spiro atoms. The minimum atomic E-state index is -0.904. The zero-order chi connectivity index (χ0) is 11.1. The summed E-state index contributed by atoms with van der Waals surface area (Å²) >= 11 is 0. The lowest BCUT2D eigenvalue weighted by molar-refractivity contribution is 0.242. The maximum absolute atomic E-state index is 13.1. The van der Waals surface area contributed by atoms with Gasteiger partial charge in [-0.15, -0.1) is 0 Å². The number of halogens is 2. The van der Waals surface area contributed by atoms with Gasteiger partial charge in [0.05, 0.1) is 7.11 Å². The average molecular weight is 213 g/mol. The number of benzene rings is 1. The van der Waals surface area contributed by atoms with E-state index >= 15 is 0 Å². The molecule has 0 amide bonds. The Bertz CT molecular complexity index is 388. The van der Waals surface area contributed by atoms with Crippen LogP contribution in [0, 0.1) is 11.6 Å². The summed E-state index contributed by atoms with van der Waals surface area (Å²) in [5, 5.41) is 0. The maximum Gasteiger partial charge on any atom is 0.162 e. The van der Waals surface area contributed by atoms with Crippen LogP contribution in [0.3, 0.4) is 0 Å². The van der Waals surface area contributed by atoms with Crippen LogP contribution in [-0.4, -0.2) is 7.11 Å². The molecular formula is C11H13F2NO. The van der Waals surface area contributed by atoms with Crippen LogP contribution in [0.1, 0.15) is 24.8 Å². The van der Waals surface area contributed by atoms with Crippen molar-refractivity contribution < 1.29 is 13.5 Å². The monoisotopic (exact) mass is 213 g/mol. The van der Waals surface area contributed by atoms with Gasteiger partial charge in [-0.05, 0) is 25.3 Å². The van der Waals surface area contributed by atoms with Crippen molar-refractivity contribution in [1.82, 2.24) is 0 Å². The van der Waals surface area contributed by atoms with Crippen LogP contribution in [0.2, 0.25) is 0 Å². The van der Waals surface area contributed by atoms with Crippen LogP contribution in [0.5, 0.6) is 5.75 Å². The quantitative estimate of drug-likeness (QED) is 0.818. The summed E-state index contributed by atoms with van der Waals surface area (Å²) in [4.78, 5) is 0. The summed E-state index contributed by atoms with van der Waals surface area (Å²) in [7, 11) is 1.43. The Morgan fingerprint density at radius 2 is 1.87 bits per heavy atom. The Hall–Kier alpha value is -1.16. The fourth-order valence-corrected chi connectivity index (χ4v) is 1.91. The molecule has 2 rings (SSSR count). The van der Waals surface area contributed by atoms with E-state index in [9.17, 15) is 8.78 Å². The van der Waals surface area contributed by atoms with Crippen molar-refractivity contribution >= 4 is 0 Å². The minimum absolute atomic E-state index is 0.330. The lowest BCUT2D eigenvalue weighted by Crippen LogP contribution is -2.43. The third-order valence-corrected chi connectivity index (χ3v) is 3.02. The zero-order valence-electron chi connectivity index (χ0n) is 8.52. The second kappa shape index (κ2) is 3.45. The second-order valence-electron chi connectivity index (χ2n) is 3.98. The third kappa shape index (κ3) is 1.59. The molecule has 4 heteroatoms. The number of rotatable bonds is 2. The molecule has 0 saturated heterocycles. The van der Waals surface area contributed by atoms with E-state index < -0.39 is 17.2 Å². The fraction of sp³-hybridized carbons (Fsp3) is 0.455. The average Bonchev–Trinajstić information content (AvgIpc) is 2.18. The first-order valence-corrected chi connectivity index (χ1v) is 4.89. The molecule has 0 unspecified atom stereocenters. The molecule has 0 aromatic heterocycles. The van der Waals surface area contributed by atoms with Gasteiger partial charge >= 0.3 is 0 Å². The molecule has 82 valence electrons. The number of methoxy groups -OCH3 is 1. The van der Waals surface area contributed by atoms with Gasteiger partial charge in [-0.2, -0.15) is 0 Å². The first-order chi connectivity index (χ1) is 7.07. The van der Waals surface area contributed by atoms with Crippen molar-refractivity contribution in [3.8, 4) is 5.75 Å². The predicted molar refractivity (Wildman–Crippen MR) is 52.6 cm³/mol. The molecule has 0 heterocycles. The molecule has 1 aliphatic rings. The van der Waals surface area contributed by atoms with E-state index in [0.29, 0.717) is 11.3 Å². The zero-order valence-corrected chi connectivity index (χ0v) is 8.52. The van der Waals surface area contributed by atoms with Crippen LogP contribution in [0.4, 0.5) is 8.78 Å². The number of hydrogen-bond donors (Lipinski definition) is 1. The molecule has 15 heavy (non-hydrogen) atoms. The first kappa shape index (κ1) is 10.4. The van der Waals surface area contributed by atoms with Crippen molar-refractivity contribution in [2.24, 2.45) is 5.73 Å². The third-order valence-electron chi connectivity index (χ3n) is 3.02. The Kier molecular flexibility index (Phi) is 2.38. The van der Waals surface area contributed by atoms with Crippen LogP contribution in [0.25, 0.3) is 0 Å². The van der Waals surface area contributed by atoms with Gasteiger partial charge in [-0.1, -0.05) is 0 Å².